The van der Waals surface area contributed by atoms with Gasteiger partial charge in [-0.2, -0.15) is 0 Å². The third-order valence-corrected chi connectivity index (χ3v) is 3.53. The lowest BCUT2D eigenvalue weighted by Crippen LogP contribution is -2.50. The van der Waals surface area contributed by atoms with Gasteiger partial charge in [-0.15, -0.1) is 0 Å². The lowest BCUT2D eigenvalue weighted by atomic mass is 9.74. The first kappa shape index (κ1) is 11.6. The quantitative estimate of drug-likeness (QED) is 0.850. The van der Waals surface area contributed by atoms with E-state index in [4.69, 9.17) is 4.74 Å². The largest absolute Gasteiger partial charge is 0.390 e. The molecular formula is C13H17FO2. The molecule has 1 N–H and O–H groups in total. The molecule has 16 heavy (non-hydrogen) atoms. The van der Waals surface area contributed by atoms with Gasteiger partial charge >= 0.3 is 0 Å². The number of hydrogen-bond donors (Lipinski definition) is 1. The predicted molar refractivity (Wildman–Crippen MR) is 59.7 cm³/mol. The number of halogens is 1. The number of benzene rings is 1. The van der Waals surface area contributed by atoms with Crippen LogP contribution in [-0.2, 0) is 11.2 Å². The summed E-state index contributed by atoms with van der Waals surface area (Å²) in [4.78, 5) is 0. The Kier molecular flexibility index (Phi) is 3.26. The van der Waals surface area contributed by atoms with Crippen LogP contribution in [0, 0.1) is 5.82 Å². The topological polar surface area (TPSA) is 29.5 Å². The minimum absolute atomic E-state index is 0.259. The minimum Gasteiger partial charge on any atom is -0.390 e. The molecule has 1 unspecified atom stereocenters. The summed E-state index contributed by atoms with van der Waals surface area (Å²) in [5.74, 6) is -0.259. The molecule has 0 aliphatic heterocycles. The number of aliphatic hydroxyl groups excluding tert-OH is 1. The normalized spacial score (nSPS) is 20.2. The number of rotatable bonds is 4. The van der Waals surface area contributed by atoms with Crippen LogP contribution in [0.2, 0.25) is 0 Å². The molecule has 1 saturated carbocycles. The minimum atomic E-state index is -0.548. The molecule has 1 aliphatic rings. The fourth-order valence-corrected chi connectivity index (χ4v) is 2.27. The highest BCUT2D eigenvalue weighted by molar-refractivity contribution is 5.18. The van der Waals surface area contributed by atoms with Crippen molar-refractivity contribution in [1.29, 1.82) is 0 Å². The zero-order chi connectivity index (χ0) is 11.6. The van der Waals surface area contributed by atoms with Gasteiger partial charge in [0, 0.05) is 13.5 Å². The summed E-state index contributed by atoms with van der Waals surface area (Å²) >= 11 is 0. The Labute approximate surface area is 95.1 Å². The highest BCUT2D eigenvalue weighted by Crippen LogP contribution is 2.39. The molecule has 1 atom stereocenters. The number of methoxy groups -OCH3 is 1. The van der Waals surface area contributed by atoms with Crippen LogP contribution in [0.15, 0.2) is 24.3 Å². The van der Waals surface area contributed by atoms with Gasteiger partial charge in [0.15, 0.2) is 0 Å². The second-order valence-corrected chi connectivity index (χ2v) is 4.47. The molecule has 2 nitrogen and oxygen atoms in total. The second kappa shape index (κ2) is 4.52. The molecule has 0 saturated heterocycles. The molecule has 1 aromatic rings. The highest BCUT2D eigenvalue weighted by Gasteiger charge is 2.43. The lowest BCUT2D eigenvalue weighted by molar-refractivity contribution is -0.148. The number of hydrogen-bond acceptors (Lipinski definition) is 2. The van der Waals surface area contributed by atoms with Crippen LogP contribution < -0.4 is 0 Å². The summed E-state index contributed by atoms with van der Waals surface area (Å²) in [6.45, 7) is 0. The van der Waals surface area contributed by atoms with Gasteiger partial charge in [-0.1, -0.05) is 12.1 Å². The maximum absolute atomic E-state index is 13.0. The van der Waals surface area contributed by atoms with Crippen molar-refractivity contribution in [2.75, 3.05) is 7.11 Å². The van der Waals surface area contributed by atoms with E-state index in [9.17, 15) is 9.50 Å². The van der Waals surface area contributed by atoms with E-state index in [1.807, 2.05) is 6.07 Å². The number of ether oxygens (including phenoxy) is 1. The Balaban J connectivity index is 2.04. The molecule has 1 aliphatic carbocycles. The molecule has 0 spiro atoms. The molecule has 0 heterocycles. The van der Waals surface area contributed by atoms with Crippen LogP contribution in [0.1, 0.15) is 24.8 Å². The molecular weight excluding hydrogens is 207 g/mol. The van der Waals surface area contributed by atoms with E-state index in [0.717, 1.165) is 24.8 Å². The molecule has 0 radical (unpaired) electrons. The summed E-state index contributed by atoms with van der Waals surface area (Å²) in [6, 6.07) is 6.36. The molecule has 0 bridgehead atoms. The van der Waals surface area contributed by atoms with E-state index in [2.05, 4.69) is 0 Å². The summed E-state index contributed by atoms with van der Waals surface area (Å²) in [5, 5.41) is 10.1. The van der Waals surface area contributed by atoms with Crippen molar-refractivity contribution in [3.05, 3.63) is 35.6 Å². The van der Waals surface area contributed by atoms with Crippen LogP contribution in [0.4, 0.5) is 4.39 Å². The summed E-state index contributed by atoms with van der Waals surface area (Å²) in [5.41, 5.74) is 0.419. The van der Waals surface area contributed by atoms with E-state index in [1.54, 1.807) is 13.2 Å². The van der Waals surface area contributed by atoms with Crippen molar-refractivity contribution >= 4 is 0 Å². The van der Waals surface area contributed by atoms with Crippen LogP contribution in [0.5, 0.6) is 0 Å². The lowest BCUT2D eigenvalue weighted by Gasteiger charge is -2.44. The Morgan fingerprint density at radius 3 is 2.75 bits per heavy atom. The van der Waals surface area contributed by atoms with Gasteiger partial charge in [-0.25, -0.2) is 4.39 Å². The van der Waals surface area contributed by atoms with E-state index in [1.165, 1.54) is 12.1 Å². The van der Waals surface area contributed by atoms with Crippen molar-refractivity contribution in [3.63, 3.8) is 0 Å². The van der Waals surface area contributed by atoms with Gasteiger partial charge < -0.3 is 9.84 Å². The summed E-state index contributed by atoms with van der Waals surface area (Å²) in [6.07, 6.45) is 2.77. The molecule has 3 heteroatoms. The Hall–Kier alpha value is -0.930. The van der Waals surface area contributed by atoms with Gasteiger partial charge in [0.1, 0.15) is 5.82 Å². The average Bonchev–Trinajstić information content (AvgIpc) is 2.16. The van der Waals surface area contributed by atoms with E-state index < -0.39 is 11.7 Å². The van der Waals surface area contributed by atoms with E-state index in [0.29, 0.717) is 6.42 Å². The van der Waals surface area contributed by atoms with Gasteiger partial charge in [-0.3, -0.25) is 0 Å². The highest BCUT2D eigenvalue weighted by atomic mass is 19.1. The SMILES string of the molecule is COC1(C(O)Cc2cccc(F)c2)CCC1. The summed E-state index contributed by atoms with van der Waals surface area (Å²) in [7, 11) is 1.63. The third kappa shape index (κ3) is 2.11. The third-order valence-electron chi connectivity index (χ3n) is 3.53. The van der Waals surface area contributed by atoms with Gasteiger partial charge in [0.05, 0.1) is 11.7 Å². The molecule has 88 valence electrons. The maximum atomic E-state index is 13.0. The van der Waals surface area contributed by atoms with Crippen molar-refractivity contribution in [2.45, 2.75) is 37.4 Å². The van der Waals surface area contributed by atoms with Crippen molar-refractivity contribution in [3.8, 4) is 0 Å². The fourth-order valence-electron chi connectivity index (χ4n) is 2.27. The van der Waals surface area contributed by atoms with Gasteiger partial charge in [0.2, 0.25) is 0 Å². The maximum Gasteiger partial charge on any atom is 0.123 e. The van der Waals surface area contributed by atoms with E-state index in [-0.39, 0.29) is 5.82 Å². The van der Waals surface area contributed by atoms with Crippen molar-refractivity contribution in [1.82, 2.24) is 0 Å². The van der Waals surface area contributed by atoms with Crippen LogP contribution in [-0.4, -0.2) is 23.9 Å². The predicted octanol–water partition coefficient (Wildman–Crippen LogP) is 2.30. The molecule has 0 aromatic heterocycles. The standard InChI is InChI=1S/C13H17FO2/c1-16-13(6-3-7-13)12(15)9-10-4-2-5-11(14)8-10/h2,4-5,8,12,15H,3,6-7,9H2,1H3. The zero-order valence-electron chi connectivity index (χ0n) is 9.45. The average molecular weight is 224 g/mol. The first-order valence-electron chi connectivity index (χ1n) is 5.64. The molecule has 1 aromatic carbocycles. The Morgan fingerprint density at radius 1 is 1.50 bits per heavy atom. The van der Waals surface area contributed by atoms with Crippen molar-refractivity contribution in [2.24, 2.45) is 0 Å². The Bertz CT molecular complexity index is 355. The van der Waals surface area contributed by atoms with Crippen LogP contribution >= 0.6 is 0 Å². The van der Waals surface area contributed by atoms with Crippen LogP contribution in [0.3, 0.4) is 0 Å². The second-order valence-electron chi connectivity index (χ2n) is 4.47. The Morgan fingerprint density at radius 2 is 2.25 bits per heavy atom. The van der Waals surface area contributed by atoms with E-state index >= 15 is 0 Å². The molecule has 2 rings (SSSR count). The van der Waals surface area contributed by atoms with Crippen LogP contribution in [0.25, 0.3) is 0 Å². The smallest absolute Gasteiger partial charge is 0.123 e. The van der Waals surface area contributed by atoms with Gasteiger partial charge in [-0.05, 0) is 37.0 Å². The summed E-state index contributed by atoms with van der Waals surface area (Å²) < 4.78 is 18.4. The first-order chi connectivity index (χ1) is 7.66. The van der Waals surface area contributed by atoms with Crippen molar-refractivity contribution < 1.29 is 14.2 Å². The fraction of sp³-hybridized carbons (Fsp3) is 0.538. The monoisotopic (exact) mass is 224 g/mol. The number of aliphatic hydroxyl groups is 1. The zero-order valence-corrected chi connectivity index (χ0v) is 9.45. The molecule has 1 fully saturated rings. The molecule has 0 amide bonds. The first-order valence-corrected chi connectivity index (χ1v) is 5.64. The van der Waals surface area contributed by atoms with Gasteiger partial charge in [0.25, 0.3) is 0 Å².